The van der Waals surface area contributed by atoms with E-state index in [4.69, 9.17) is 27.8 Å². The van der Waals surface area contributed by atoms with Gasteiger partial charge in [-0.15, -0.1) is 0 Å². The number of aliphatic imine (C=N–C) groups is 1. The molecule has 1 aromatic carbocycles. The molecule has 0 saturated heterocycles. The second-order valence-electron chi connectivity index (χ2n) is 3.70. The summed E-state index contributed by atoms with van der Waals surface area (Å²) in [6.45, 7) is -0.437. The van der Waals surface area contributed by atoms with Crippen molar-refractivity contribution >= 4 is 29.2 Å². The number of hydrogen-bond donors (Lipinski definition) is 2. The summed E-state index contributed by atoms with van der Waals surface area (Å²) in [4.78, 5) is 27.1. The van der Waals surface area contributed by atoms with Gasteiger partial charge in [0, 0.05) is 23.8 Å². The van der Waals surface area contributed by atoms with Gasteiger partial charge in [-0.25, -0.2) is 4.79 Å². The van der Waals surface area contributed by atoms with E-state index in [1.54, 1.807) is 18.2 Å². The Morgan fingerprint density at radius 1 is 1.45 bits per heavy atom. The lowest BCUT2D eigenvalue weighted by Crippen LogP contribution is -2.25. The lowest BCUT2D eigenvalue weighted by Gasteiger charge is -2.07. The summed E-state index contributed by atoms with van der Waals surface area (Å²) >= 11 is 5.77. The third-order valence-electron chi connectivity index (χ3n) is 2.38. The number of nitrogens with two attached hydrogens (primary N) is 2. The van der Waals surface area contributed by atoms with Crippen molar-refractivity contribution in [3.63, 3.8) is 0 Å². The van der Waals surface area contributed by atoms with Crippen LogP contribution in [0.5, 0.6) is 0 Å². The molecular weight excluding hydrogens is 282 g/mol. The standard InChI is InChI=1S/C13H14ClN3O3/c1-17-12(16)10(6-15)13(19)20-7-11(18)8-3-2-4-9(14)5-8/h2-6H,7,15H2,1H3,(H2,16,17). The summed E-state index contributed by atoms with van der Waals surface area (Å²) in [5.41, 5.74) is 11.0. The maximum atomic E-state index is 11.8. The van der Waals surface area contributed by atoms with Gasteiger partial charge in [-0.2, -0.15) is 0 Å². The molecule has 0 atom stereocenters. The minimum Gasteiger partial charge on any atom is -0.454 e. The van der Waals surface area contributed by atoms with Gasteiger partial charge in [0.25, 0.3) is 0 Å². The lowest BCUT2D eigenvalue weighted by atomic mass is 10.1. The molecule has 4 N–H and O–H groups in total. The Kier molecular flexibility index (Phi) is 5.74. The molecule has 0 fully saturated rings. The van der Waals surface area contributed by atoms with Gasteiger partial charge in [0.1, 0.15) is 11.4 Å². The van der Waals surface area contributed by atoms with Gasteiger partial charge < -0.3 is 16.2 Å². The second kappa shape index (κ2) is 7.30. The molecule has 0 spiro atoms. The van der Waals surface area contributed by atoms with Crippen molar-refractivity contribution in [2.24, 2.45) is 16.5 Å². The Bertz CT molecular complexity index is 582. The van der Waals surface area contributed by atoms with Crippen molar-refractivity contribution in [2.45, 2.75) is 0 Å². The summed E-state index contributed by atoms with van der Waals surface area (Å²) in [7, 11) is 1.41. The Morgan fingerprint density at radius 2 is 2.15 bits per heavy atom. The molecular formula is C13H14ClN3O3. The molecule has 0 saturated carbocycles. The van der Waals surface area contributed by atoms with Gasteiger partial charge in [0.2, 0.25) is 0 Å². The summed E-state index contributed by atoms with van der Waals surface area (Å²) in [5.74, 6) is -1.26. The third kappa shape index (κ3) is 4.10. The Morgan fingerprint density at radius 3 is 2.70 bits per heavy atom. The van der Waals surface area contributed by atoms with E-state index in [2.05, 4.69) is 4.99 Å². The van der Waals surface area contributed by atoms with E-state index in [1.165, 1.54) is 13.1 Å². The fraction of sp³-hybridized carbons (Fsp3) is 0.154. The summed E-state index contributed by atoms with van der Waals surface area (Å²) in [6.07, 6.45) is 0.981. The Balaban J connectivity index is 2.68. The van der Waals surface area contributed by atoms with Crippen LogP contribution < -0.4 is 11.5 Å². The zero-order valence-corrected chi connectivity index (χ0v) is 11.6. The fourth-order valence-electron chi connectivity index (χ4n) is 1.33. The number of esters is 1. The van der Waals surface area contributed by atoms with Gasteiger partial charge in [0.15, 0.2) is 12.4 Å². The maximum Gasteiger partial charge on any atom is 0.343 e. The van der Waals surface area contributed by atoms with Gasteiger partial charge in [-0.3, -0.25) is 9.79 Å². The van der Waals surface area contributed by atoms with Crippen LogP contribution >= 0.6 is 11.6 Å². The number of amidine groups is 1. The van der Waals surface area contributed by atoms with Crippen molar-refractivity contribution in [2.75, 3.05) is 13.7 Å². The zero-order valence-electron chi connectivity index (χ0n) is 10.8. The highest BCUT2D eigenvalue weighted by Gasteiger charge is 2.16. The SMILES string of the molecule is CN=C(N)C(=CN)C(=O)OCC(=O)c1cccc(Cl)c1. The van der Waals surface area contributed by atoms with Crippen molar-refractivity contribution < 1.29 is 14.3 Å². The van der Waals surface area contributed by atoms with Crippen molar-refractivity contribution in [3.05, 3.63) is 46.6 Å². The van der Waals surface area contributed by atoms with E-state index < -0.39 is 12.6 Å². The molecule has 20 heavy (non-hydrogen) atoms. The predicted octanol–water partition coefficient (Wildman–Crippen LogP) is 0.896. The first-order valence-corrected chi connectivity index (χ1v) is 5.97. The molecule has 6 nitrogen and oxygen atoms in total. The molecule has 1 aromatic rings. The van der Waals surface area contributed by atoms with Crippen LogP contribution in [0, 0.1) is 0 Å². The largest absolute Gasteiger partial charge is 0.454 e. The fourth-order valence-corrected chi connectivity index (χ4v) is 1.52. The summed E-state index contributed by atoms with van der Waals surface area (Å²) in [6, 6.07) is 6.32. The summed E-state index contributed by atoms with van der Waals surface area (Å²) in [5, 5.41) is 0.423. The highest BCUT2D eigenvalue weighted by atomic mass is 35.5. The first-order valence-electron chi connectivity index (χ1n) is 5.60. The number of ketones is 1. The molecule has 0 aliphatic carbocycles. The monoisotopic (exact) mass is 295 g/mol. The Hall–Kier alpha value is -2.34. The van der Waals surface area contributed by atoms with E-state index in [-0.39, 0.29) is 17.2 Å². The lowest BCUT2D eigenvalue weighted by molar-refractivity contribution is -0.137. The van der Waals surface area contributed by atoms with Gasteiger partial charge >= 0.3 is 5.97 Å². The van der Waals surface area contributed by atoms with Crippen molar-refractivity contribution in [1.82, 2.24) is 0 Å². The number of carbonyl (C=O) groups is 2. The molecule has 0 heterocycles. The molecule has 0 aliphatic heterocycles. The Labute approximate surface area is 121 Å². The first kappa shape index (κ1) is 15.7. The van der Waals surface area contributed by atoms with Gasteiger partial charge in [0.05, 0.1) is 0 Å². The number of carbonyl (C=O) groups excluding carboxylic acids is 2. The van der Waals surface area contributed by atoms with Crippen LogP contribution in [0.1, 0.15) is 10.4 Å². The van der Waals surface area contributed by atoms with Crippen LogP contribution in [0.4, 0.5) is 0 Å². The van der Waals surface area contributed by atoms with E-state index >= 15 is 0 Å². The molecule has 0 aromatic heterocycles. The van der Waals surface area contributed by atoms with Crippen LogP contribution in [0.25, 0.3) is 0 Å². The number of rotatable bonds is 5. The molecule has 0 radical (unpaired) electrons. The van der Waals surface area contributed by atoms with Crippen molar-refractivity contribution in [3.8, 4) is 0 Å². The molecule has 1 rings (SSSR count). The minimum absolute atomic E-state index is 0.0623. The number of ether oxygens (including phenoxy) is 1. The van der Waals surface area contributed by atoms with Gasteiger partial charge in [-0.05, 0) is 12.1 Å². The molecule has 7 heteroatoms. The van der Waals surface area contributed by atoms with Crippen LogP contribution in [-0.4, -0.2) is 31.2 Å². The first-order chi connectivity index (χ1) is 9.49. The number of hydrogen-bond acceptors (Lipinski definition) is 5. The molecule has 0 unspecified atom stereocenters. The van der Waals surface area contributed by atoms with E-state index in [0.29, 0.717) is 10.6 Å². The average Bonchev–Trinajstić information content (AvgIpc) is 2.45. The minimum atomic E-state index is -0.814. The topological polar surface area (TPSA) is 108 Å². The highest BCUT2D eigenvalue weighted by molar-refractivity contribution is 6.31. The van der Waals surface area contributed by atoms with E-state index in [1.807, 2.05) is 0 Å². The van der Waals surface area contributed by atoms with E-state index in [0.717, 1.165) is 6.20 Å². The quantitative estimate of drug-likeness (QED) is 0.276. The molecule has 0 bridgehead atoms. The molecule has 106 valence electrons. The van der Waals surface area contributed by atoms with Crippen LogP contribution in [0.3, 0.4) is 0 Å². The summed E-state index contributed by atoms with van der Waals surface area (Å²) < 4.78 is 4.83. The van der Waals surface area contributed by atoms with Gasteiger partial charge in [-0.1, -0.05) is 23.7 Å². The number of benzene rings is 1. The number of nitrogens with zero attached hydrogens (tertiary/aromatic N) is 1. The maximum absolute atomic E-state index is 11.8. The second-order valence-corrected chi connectivity index (χ2v) is 4.14. The van der Waals surface area contributed by atoms with E-state index in [9.17, 15) is 9.59 Å². The predicted molar refractivity (Wildman–Crippen MR) is 76.6 cm³/mol. The normalized spacial score (nSPS) is 12.1. The van der Waals surface area contributed by atoms with Crippen LogP contribution in [0.2, 0.25) is 5.02 Å². The van der Waals surface area contributed by atoms with Crippen LogP contribution in [0.15, 0.2) is 41.0 Å². The van der Waals surface area contributed by atoms with Crippen LogP contribution in [-0.2, 0) is 9.53 Å². The smallest absolute Gasteiger partial charge is 0.343 e. The zero-order chi connectivity index (χ0) is 15.1. The number of Topliss-reactive ketones (excluding diaryl/α,β-unsaturated/α-hetero) is 1. The third-order valence-corrected chi connectivity index (χ3v) is 2.62. The van der Waals surface area contributed by atoms with Crippen molar-refractivity contribution in [1.29, 1.82) is 0 Å². The molecule has 0 aliphatic rings. The molecule has 0 amide bonds. The highest BCUT2D eigenvalue weighted by Crippen LogP contribution is 2.11. The average molecular weight is 296 g/mol. The number of halogens is 1.